The molecule has 0 bridgehead atoms. The fourth-order valence-electron chi connectivity index (χ4n) is 1.05. The van der Waals surface area contributed by atoms with Crippen molar-refractivity contribution in [2.24, 2.45) is 5.41 Å². The predicted molar refractivity (Wildman–Crippen MR) is 55.7 cm³/mol. The molecule has 0 saturated carbocycles. The van der Waals surface area contributed by atoms with Crippen LogP contribution in [-0.2, 0) is 0 Å². The quantitative estimate of drug-likeness (QED) is 0.808. The van der Waals surface area contributed by atoms with Gasteiger partial charge in [-0.25, -0.2) is 8.78 Å². The molecule has 2 N–H and O–H groups in total. The molecule has 0 aliphatic rings. The molecule has 0 saturated heterocycles. The Morgan fingerprint density at radius 3 is 2.20 bits per heavy atom. The van der Waals surface area contributed by atoms with Gasteiger partial charge in [-0.2, -0.15) is 0 Å². The average molecular weight is 215 g/mol. The van der Waals surface area contributed by atoms with Gasteiger partial charge in [-0.15, -0.1) is 0 Å². The maximum Gasteiger partial charge on any atom is 0.128 e. The highest BCUT2D eigenvalue weighted by Crippen LogP contribution is 2.17. The lowest BCUT2D eigenvalue weighted by molar-refractivity contribution is 0.171. The Kier molecular flexibility index (Phi) is 3.63. The van der Waals surface area contributed by atoms with Crippen LogP contribution in [0.25, 0.3) is 0 Å². The van der Waals surface area contributed by atoms with Gasteiger partial charge in [-0.1, -0.05) is 13.8 Å². The molecular formula is C11H15F2NO. The third-order valence-corrected chi connectivity index (χ3v) is 2.06. The number of hydrogen-bond acceptors (Lipinski definition) is 2. The second-order valence-corrected chi connectivity index (χ2v) is 4.33. The molecule has 2 nitrogen and oxygen atoms in total. The summed E-state index contributed by atoms with van der Waals surface area (Å²) >= 11 is 0. The number of nitrogens with one attached hydrogen (secondary N) is 1. The second kappa shape index (κ2) is 4.57. The van der Waals surface area contributed by atoms with Crippen LogP contribution in [0.5, 0.6) is 0 Å². The molecule has 0 radical (unpaired) electrons. The molecule has 1 rings (SSSR count). The lowest BCUT2D eigenvalue weighted by atomic mass is 9.95. The number of halogens is 2. The molecule has 0 atom stereocenters. The Balaban J connectivity index is 2.65. The fraction of sp³-hybridized carbons (Fsp3) is 0.455. The fourth-order valence-corrected chi connectivity index (χ4v) is 1.05. The minimum atomic E-state index is -0.612. The van der Waals surface area contributed by atoms with E-state index in [2.05, 4.69) is 5.32 Å². The molecule has 0 amide bonds. The van der Waals surface area contributed by atoms with Crippen molar-refractivity contribution in [3.8, 4) is 0 Å². The monoisotopic (exact) mass is 215 g/mol. The van der Waals surface area contributed by atoms with Gasteiger partial charge in [0.2, 0.25) is 0 Å². The van der Waals surface area contributed by atoms with Gasteiger partial charge in [0.15, 0.2) is 0 Å². The van der Waals surface area contributed by atoms with E-state index in [1.165, 1.54) is 12.1 Å². The van der Waals surface area contributed by atoms with Gasteiger partial charge in [-0.3, -0.25) is 0 Å². The van der Waals surface area contributed by atoms with Crippen LogP contribution in [0.4, 0.5) is 14.5 Å². The first-order valence-corrected chi connectivity index (χ1v) is 4.74. The summed E-state index contributed by atoms with van der Waals surface area (Å²) in [7, 11) is 0. The van der Waals surface area contributed by atoms with Gasteiger partial charge in [-0.05, 0) is 12.1 Å². The van der Waals surface area contributed by atoms with Gasteiger partial charge in [0, 0.05) is 30.3 Å². The molecule has 15 heavy (non-hydrogen) atoms. The Morgan fingerprint density at radius 2 is 1.73 bits per heavy atom. The Labute approximate surface area is 87.9 Å². The van der Waals surface area contributed by atoms with Crippen molar-refractivity contribution in [2.75, 3.05) is 18.5 Å². The highest BCUT2D eigenvalue weighted by atomic mass is 19.1. The number of aliphatic hydroxyl groups excluding tert-OH is 1. The smallest absolute Gasteiger partial charge is 0.128 e. The average Bonchev–Trinajstić information content (AvgIpc) is 2.14. The predicted octanol–water partition coefficient (Wildman–Crippen LogP) is 2.40. The van der Waals surface area contributed by atoms with Crippen molar-refractivity contribution in [1.29, 1.82) is 0 Å². The van der Waals surface area contributed by atoms with Crippen LogP contribution in [0.1, 0.15) is 13.8 Å². The molecule has 1 aromatic rings. The molecule has 0 heterocycles. The summed E-state index contributed by atoms with van der Waals surface area (Å²) in [6, 6.07) is 3.26. The van der Waals surface area contributed by atoms with E-state index in [1.807, 2.05) is 13.8 Å². The van der Waals surface area contributed by atoms with Gasteiger partial charge >= 0.3 is 0 Å². The summed E-state index contributed by atoms with van der Waals surface area (Å²) < 4.78 is 25.6. The molecule has 0 fully saturated rings. The molecule has 0 aliphatic heterocycles. The molecule has 0 aromatic heterocycles. The zero-order chi connectivity index (χ0) is 11.5. The standard InChI is InChI=1S/C11H15F2NO/c1-11(2,7-15)6-14-10-4-8(12)3-9(13)5-10/h3-5,14-15H,6-7H2,1-2H3. The van der Waals surface area contributed by atoms with Crippen LogP contribution in [0, 0.1) is 17.0 Å². The van der Waals surface area contributed by atoms with Crippen LogP contribution in [0.2, 0.25) is 0 Å². The van der Waals surface area contributed by atoms with Crippen LogP contribution in [-0.4, -0.2) is 18.3 Å². The van der Waals surface area contributed by atoms with Gasteiger partial charge < -0.3 is 10.4 Å². The van der Waals surface area contributed by atoms with E-state index >= 15 is 0 Å². The van der Waals surface area contributed by atoms with Crippen LogP contribution in [0.15, 0.2) is 18.2 Å². The van der Waals surface area contributed by atoms with Gasteiger partial charge in [0.05, 0.1) is 0 Å². The van der Waals surface area contributed by atoms with Gasteiger partial charge in [0.1, 0.15) is 11.6 Å². The number of hydrogen-bond donors (Lipinski definition) is 2. The minimum absolute atomic E-state index is 0.0117. The molecule has 1 aromatic carbocycles. The maximum atomic E-state index is 12.8. The summed E-state index contributed by atoms with van der Waals surface area (Å²) in [4.78, 5) is 0. The SMILES string of the molecule is CC(C)(CO)CNc1cc(F)cc(F)c1. The first kappa shape index (κ1) is 11.9. The van der Waals surface area contributed by atoms with Gasteiger partial charge in [0.25, 0.3) is 0 Å². The molecule has 0 spiro atoms. The Morgan fingerprint density at radius 1 is 1.20 bits per heavy atom. The highest BCUT2D eigenvalue weighted by Gasteiger charge is 2.16. The molecular weight excluding hydrogens is 200 g/mol. The first-order valence-electron chi connectivity index (χ1n) is 4.74. The van der Waals surface area contributed by atoms with E-state index in [1.54, 1.807) is 0 Å². The van der Waals surface area contributed by atoms with E-state index < -0.39 is 11.6 Å². The van der Waals surface area contributed by atoms with Crippen molar-refractivity contribution >= 4 is 5.69 Å². The zero-order valence-electron chi connectivity index (χ0n) is 8.85. The normalized spacial score (nSPS) is 11.5. The Bertz CT molecular complexity index is 319. The van der Waals surface area contributed by atoms with Crippen LogP contribution >= 0.6 is 0 Å². The number of benzene rings is 1. The summed E-state index contributed by atoms with van der Waals surface area (Å²) in [5.74, 6) is -1.22. The second-order valence-electron chi connectivity index (χ2n) is 4.33. The van der Waals surface area contributed by atoms with Crippen molar-refractivity contribution < 1.29 is 13.9 Å². The first-order chi connectivity index (χ1) is 6.93. The number of aliphatic hydroxyl groups is 1. The third-order valence-electron chi connectivity index (χ3n) is 2.06. The summed E-state index contributed by atoms with van der Waals surface area (Å²) in [5.41, 5.74) is 0.0667. The van der Waals surface area contributed by atoms with E-state index in [4.69, 9.17) is 5.11 Å². The Hall–Kier alpha value is -1.16. The number of anilines is 1. The zero-order valence-corrected chi connectivity index (χ0v) is 8.85. The van der Waals surface area contributed by atoms with Crippen molar-refractivity contribution in [3.63, 3.8) is 0 Å². The minimum Gasteiger partial charge on any atom is -0.396 e. The summed E-state index contributed by atoms with van der Waals surface area (Å²) in [6.07, 6.45) is 0. The largest absolute Gasteiger partial charge is 0.396 e. The van der Waals surface area contributed by atoms with Crippen LogP contribution in [0.3, 0.4) is 0 Å². The van der Waals surface area contributed by atoms with Crippen molar-refractivity contribution in [2.45, 2.75) is 13.8 Å². The lowest BCUT2D eigenvalue weighted by Gasteiger charge is -2.22. The summed E-state index contributed by atoms with van der Waals surface area (Å²) in [5, 5.41) is 11.9. The summed E-state index contributed by atoms with van der Waals surface area (Å²) in [6.45, 7) is 4.18. The van der Waals surface area contributed by atoms with E-state index in [0.29, 0.717) is 12.2 Å². The molecule has 84 valence electrons. The lowest BCUT2D eigenvalue weighted by Crippen LogP contribution is -2.26. The molecule has 0 unspecified atom stereocenters. The number of rotatable bonds is 4. The van der Waals surface area contributed by atoms with E-state index in [9.17, 15) is 8.78 Å². The maximum absolute atomic E-state index is 12.8. The van der Waals surface area contributed by atoms with Crippen LogP contribution < -0.4 is 5.32 Å². The topological polar surface area (TPSA) is 32.3 Å². The molecule has 4 heteroatoms. The highest BCUT2D eigenvalue weighted by molar-refractivity contribution is 5.43. The van der Waals surface area contributed by atoms with E-state index in [-0.39, 0.29) is 12.0 Å². The van der Waals surface area contributed by atoms with E-state index in [0.717, 1.165) is 6.07 Å². The third kappa shape index (κ3) is 3.83. The molecule has 0 aliphatic carbocycles. The van der Waals surface area contributed by atoms with Crippen molar-refractivity contribution in [1.82, 2.24) is 0 Å². The van der Waals surface area contributed by atoms with Crippen molar-refractivity contribution in [3.05, 3.63) is 29.8 Å².